The lowest BCUT2D eigenvalue weighted by Crippen LogP contribution is -2.54. The summed E-state index contributed by atoms with van der Waals surface area (Å²) >= 11 is 0. The zero-order valence-corrected chi connectivity index (χ0v) is 17.6. The van der Waals surface area contributed by atoms with Crippen LogP contribution in [0, 0.1) is 5.41 Å². The first-order valence-electron chi connectivity index (χ1n) is 10.3. The van der Waals surface area contributed by atoms with Gasteiger partial charge in [0.25, 0.3) is 0 Å². The molecular weight excluding hydrogens is 380 g/mol. The fourth-order valence-corrected chi connectivity index (χ4v) is 4.44. The number of likely N-dealkylation sites (N-methyl/N-ethyl adjacent to an activating group) is 1. The quantitative estimate of drug-likeness (QED) is 0.699. The summed E-state index contributed by atoms with van der Waals surface area (Å²) in [4.78, 5) is 20.6. The van der Waals surface area contributed by atoms with Crippen molar-refractivity contribution in [2.24, 2.45) is 5.73 Å². The maximum atomic E-state index is 11.5. The van der Waals surface area contributed by atoms with Crippen LogP contribution in [0.5, 0.6) is 5.75 Å². The minimum Gasteiger partial charge on any atom is -0.495 e. The first-order chi connectivity index (χ1) is 14.4. The van der Waals surface area contributed by atoms with Crippen molar-refractivity contribution in [1.82, 2.24) is 4.98 Å². The van der Waals surface area contributed by atoms with Gasteiger partial charge in [0.2, 0.25) is 5.91 Å². The third-order valence-corrected chi connectivity index (χ3v) is 6.10. The molecule has 30 heavy (non-hydrogen) atoms. The van der Waals surface area contributed by atoms with Crippen molar-refractivity contribution in [3.05, 3.63) is 35.9 Å². The molecule has 8 nitrogen and oxygen atoms in total. The van der Waals surface area contributed by atoms with E-state index in [-0.39, 0.29) is 6.04 Å². The number of aromatic nitrogens is 1. The lowest BCUT2D eigenvalue weighted by molar-refractivity contribution is 0.1000. The third-order valence-electron chi connectivity index (χ3n) is 6.10. The predicted octanol–water partition coefficient (Wildman–Crippen LogP) is 3.50. The highest BCUT2D eigenvalue weighted by Crippen LogP contribution is 2.40. The highest BCUT2D eigenvalue weighted by Gasteiger charge is 2.37. The Kier molecular flexibility index (Phi) is 5.24. The molecule has 2 aromatic rings. The number of primary amides is 1. The van der Waals surface area contributed by atoms with Crippen molar-refractivity contribution in [2.75, 3.05) is 29.3 Å². The number of nitrogens with one attached hydrogen (secondary N) is 2. The number of anilines is 4. The number of hydrogen-bond acceptors (Lipinski definition) is 6. The second-order valence-electron chi connectivity index (χ2n) is 7.91. The summed E-state index contributed by atoms with van der Waals surface area (Å²) in [5.74, 6) is 2.17. The van der Waals surface area contributed by atoms with Crippen molar-refractivity contribution < 1.29 is 9.53 Å². The Bertz CT molecular complexity index is 986. The Morgan fingerprint density at radius 2 is 2.00 bits per heavy atom. The third kappa shape index (κ3) is 3.42. The van der Waals surface area contributed by atoms with Gasteiger partial charge in [0, 0.05) is 18.7 Å². The summed E-state index contributed by atoms with van der Waals surface area (Å²) in [5, 5.41) is 11.9. The first-order valence-corrected chi connectivity index (χ1v) is 10.3. The summed E-state index contributed by atoms with van der Waals surface area (Å²) in [7, 11) is 3.47. The monoisotopic (exact) mass is 408 g/mol. The maximum absolute atomic E-state index is 11.5. The average molecular weight is 409 g/mol. The topological polar surface area (TPSA) is 108 Å². The fourth-order valence-electron chi connectivity index (χ4n) is 4.44. The molecule has 8 heteroatoms. The number of benzene rings is 1. The zero-order chi connectivity index (χ0) is 21.4. The number of pyridine rings is 1. The van der Waals surface area contributed by atoms with Crippen molar-refractivity contribution in [3.8, 4) is 5.75 Å². The van der Waals surface area contributed by atoms with Gasteiger partial charge >= 0.3 is 0 Å². The van der Waals surface area contributed by atoms with Gasteiger partial charge in [-0.2, -0.15) is 0 Å². The number of hydrogen-bond donors (Lipinski definition) is 3. The molecule has 1 fully saturated rings. The summed E-state index contributed by atoms with van der Waals surface area (Å²) in [6, 6.07) is 9.31. The molecule has 1 aromatic heterocycles. The van der Waals surface area contributed by atoms with Gasteiger partial charge in [-0.15, -0.1) is 0 Å². The molecule has 4 N–H and O–H groups in total. The van der Waals surface area contributed by atoms with Crippen LogP contribution in [0.3, 0.4) is 0 Å². The molecule has 1 aromatic carbocycles. The van der Waals surface area contributed by atoms with Crippen molar-refractivity contribution in [1.29, 1.82) is 5.41 Å². The van der Waals surface area contributed by atoms with Gasteiger partial charge in [-0.3, -0.25) is 10.2 Å². The second kappa shape index (κ2) is 7.85. The lowest BCUT2D eigenvalue weighted by Gasteiger charge is -2.44. The molecule has 0 unspecified atom stereocenters. The largest absolute Gasteiger partial charge is 0.495 e. The Balaban J connectivity index is 1.71. The molecule has 0 radical (unpaired) electrons. The van der Waals surface area contributed by atoms with Crippen LogP contribution in [0.25, 0.3) is 0 Å². The molecule has 1 amide bonds. The number of amidine groups is 1. The Hall–Kier alpha value is -3.29. The standard InChI is InChI=1S/C22H28N6O2/c1-13-20(23)27(2)17-10-11-19(26-22(17)28(13)15-6-4-5-7-15)25-16-9-8-14(21(24)29)12-18(16)30-3/h8-13,15,23H,4-7H2,1-3H3,(H2,24,29)(H,25,26)/t13-/m1/s1. The van der Waals surface area contributed by atoms with Crippen molar-refractivity contribution in [2.45, 2.75) is 44.7 Å². The van der Waals surface area contributed by atoms with Crippen LogP contribution < -0.4 is 25.6 Å². The van der Waals surface area contributed by atoms with Crippen LogP contribution in [0.4, 0.5) is 23.0 Å². The van der Waals surface area contributed by atoms with E-state index in [0.29, 0.717) is 34.7 Å². The number of amides is 1. The average Bonchev–Trinajstić information content (AvgIpc) is 3.26. The number of rotatable bonds is 5. The van der Waals surface area contributed by atoms with Gasteiger partial charge in [0.15, 0.2) is 5.82 Å². The number of carbonyl (C=O) groups is 1. The van der Waals surface area contributed by atoms with Crippen LogP contribution in [0.2, 0.25) is 0 Å². The second-order valence-corrected chi connectivity index (χ2v) is 7.91. The maximum Gasteiger partial charge on any atom is 0.248 e. The lowest BCUT2D eigenvalue weighted by atomic mass is 10.1. The number of carbonyl (C=O) groups excluding carboxylic acids is 1. The highest BCUT2D eigenvalue weighted by molar-refractivity contribution is 6.06. The van der Waals surface area contributed by atoms with Gasteiger partial charge < -0.3 is 25.6 Å². The molecule has 0 spiro atoms. The molecule has 0 saturated heterocycles. The van der Waals surface area contributed by atoms with E-state index < -0.39 is 5.91 Å². The van der Waals surface area contributed by atoms with E-state index in [2.05, 4.69) is 17.1 Å². The van der Waals surface area contributed by atoms with Gasteiger partial charge in [0.05, 0.1) is 24.5 Å². The van der Waals surface area contributed by atoms with Crippen LogP contribution in [0.1, 0.15) is 43.0 Å². The normalized spacial score (nSPS) is 19.0. The van der Waals surface area contributed by atoms with Gasteiger partial charge in [-0.1, -0.05) is 12.8 Å². The Labute approximate surface area is 176 Å². The molecule has 1 aliphatic carbocycles. The molecule has 1 atom stereocenters. The van der Waals surface area contributed by atoms with Gasteiger partial charge in [-0.05, 0) is 50.1 Å². The first kappa shape index (κ1) is 20.0. The molecule has 158 valence electrons. The van der Waals surface area contributed by atoms with Crippen LogP contribution in [-0.2, 0) is 0 Å². The molecule has 1 aliphatic heterocycles. The van der Waals surface area contributed by atoms with Crippen LogP contribution in [-0.4, -0.2) is 43.0 Å². The molecular formula is C22H28N6O2. The minimum atomic E-state index is -0.501. The molecule has 0 bridgehead atoms. The fraction of sp³-hybridized carbons (Fsp3) is 0.409. The Morgan fingerprint density at radius 1 is 1.27 bits per heavy atom. The summed E-state index contributed by atoms with van der Waals surface area (Å²) in [5.41, 5.74) is 7.40. The number of methoxy groups -OCH3 is 1. The predicted molar refractivity (Wildman–Crippen MR) is 119 cm³/mol. The molecule has 1 saturated carbocycles. The van der Waals surface area contributed by atoms with E-state index in [1.807, 2.05) is 24.1 Å². The van der Waals surface area contributed by atoms with E-state index in [9.17, 15) is 4.79 Å². The van der Waals surface area contributed by atoms with Crippen LogP contribution in [0.15, 0.2) is 30.3 Å². The van der Waals surface area contributed by atoms with Gasteiger partial charge in [0.1, 0.15) is 17.4 Å². The van der Waals surface area contributed by atoms with E-state index in [0.717, 1.165) is 24.3 Å². The number of fused-ring (bicyclic) bond motifs is 1. The van der Waals surface area contributed by atoms with Crippen LogP contribution >= 0.6 is 0 Å². The smallest absolute Gasteiger partial charge is 0.248 e. The summed E-state index contributed by atoms with van der Waals surface area (Å²) in [6.45, 7) is 2.08. The van der Waals surface area contributed by atoms with Gasteiger partial charge in [-0.25, -0.2) is 4.98 Å². The summed E-state index contributed by atoms with van der Waals surface area (Å²) < 4.78 is 5.43. The SMILES string of the molecule is COc1cc(C(N)=O)ccc1Nc1ccc2c(n1)N(C1CCCC1)[C@H](C)C(=N)N2C. The number of nitrogens with two attached hydrogens (primary N) is 1. The Morgan fingerprint density at radius 3 is 2.67 bits per heavy atom. The zero-order valence-electron chi connectivity index (χ0n) is 17.6. The van der Waals surface area contributed by atoms with E-state index in [4.69, 9.17) is 20.9 Å². The van der Waals surface area contributed by atoms with E-state index in [1.165, 1.54) is 12.8 Å². The van der Waals surface area contributed by atoms with Crippen molar-refractivity contribution >= 4 is 34.8 Å². The summed E-state index contributed by atoms with van der Waals surface area (Å²) in [6.07, 6.45) is 4.69. The number of ether oxygens (including phenoxy) is 1. The molecule has 2 heterocycles. The minimum absolute atomic E-state index is 0.0299. The van der Waals surface area contributed by atoms with Crippen molar-refractivity contribution in [3.63, 3.8) is 0 Å². The van der Waals surface area contributed by atoms with E-state index in [1.54, 1.807) is 25.3 Å². The number of nitrogens with zero attached hydrogens (tertiary/aromatic N) is 3. The van der Waals surface area contributed by atoms with E-state index >= 15 is 0 Å². The molecule has 2 aliphatic rings. The molecule has 4 rings (SSSR count). The highest BCUT2D eigenvalue weighted by atomic mass is 16.5.